The van der Waals surface area contributed by atoms with Crippen molar-refractivity contribution in [3.8, 4) is 0 Å². The highest BCUT2D eigenvalue weighted by molar-refractivity contribution is 6.06. The number of hydrogen-bond donors (Lipinski definition) is 1. The van der Waals surface area contributed by atoms with E-state index in [-0.39, 0.29) is 12.5 Å². The number of amides is 1. The molecule has 5 heteroatoms. The van der Waals surface area contributed by atoms with Crippen LogP contribution in [0.15, 0.2) is 28.9 Å². The molecule has 2 aromatic rings. The van der Waals surface area contributed by atoms with Gasteiger partial charge in [-0.25, -0.2) is 0 Å². The van der Waals surface area contributed by atoms with Crippen molar-refractivity contribution in [2.24, 2.45) is 5.92 Å². The topological polar surface area (TPSA) is 70.8 Å². The molecule has 1 N–H and O–H groups in total. The van der Waals surface area contributed by atoms with Crippen LogP contribution in [0.25, 0.3) is 11.0 Å². The SMILES string of the molecule is CCc1ccc2occ(C(=O)N3CCCC(C(=O)O)C3)c2c1. The third-order valence-corrected chi connectivity index (χ3v) is 4.33. The second-order valence-electron chi connectivity index (χ2n) is 5.76. The molecule has 1 aromatic heterocycles. The average Bonchev–Trinajstić information content (AvgIpc) is 2.97. The predicted molar refractivity (Wildman–Crippen MR) is 81.9 cm³/mol. The molecule has 1 fully saturated rings. The fraction of sp³-hybridized carbons (Fsp3) is 0.412. The average molecular weight is 301 g/mol. The number of hydrogen-bond acceptors (Lipinski definition) is 3. The Morgan fingerprint density at radius 1 is 1.41 bits per heavy atom. The second kappa shape index (κ2) is 5.83. The van der Waals surface area contributed by atoms with Crippen LogP contribution in [0.2, 0.25) is 0 Å². The van der Waals surface area contributed by atoms with E-state index in [0.717, 1.165) is 23.8 Å². The number of carboxylic acids is 1. The third-order valence-electron chi connectivity index (χ3n) is 4.33. The lowest BCUT2D eigenvalue weighted by Gasteiger charge is -2.30. The summed E-state index contributed by atoms with van der Waals surface area (Å²) in [5, 5.41) is 9.96. The van der Waals surface area contributed by atoms with E-state index in [1.165, 1.54) is 6.26 Å². The van der Waals surface area contributed by atoms with Crippen LogP contribution >= 0.6 is 0 Å². The lowest BCUT2D eigenvalue weighted by molar-refractivity contribution is -0.143. The Kier molecular flexibility index (Phi) is 3.88. The van der Waals surface area contributed by atoms with Crippen molar-refractivity contribution < 1.29 is 19.1 Å². The fourth-order valence-electron chi connectivity index (χ4n) is 3.00. The summed E-state index contributed by atoms with van der Waals surface area (Å²) in [5.74, 6) is -1.44. The van der Waals surface area contributed by atoms with Gasteiger partial charge in [-0.05, 0) is 37.0 Å². The van der Waals surface area contributed by atoms with Crippen molar-refractivity contribution in [1.82, 2.24) is 4.90 Å². The highest BCUT2D eigenvalue weighted by Crippen LogP contribution is 2.26. The Hall–Kier alpha value is -2.30. The maximum atomic E-state index is 12.7. The molecule has 2 heterocycles. The number of aliphatic carboxylic acids is 1. The first kappa shape index (κ1) is 14.6. The summed E-state index contributed by atoms with van der Waals surface area (Å²) >= 11 is 0. The summed E-state index contributed by atoms with van der Waals surface area (Å²) in [7, 11) is 0. The Bertz CT molecular complexity index is 719. The molecule has 0 aliphatic carbocycles. The third kappa shape index (κ3) is 2.58. The van der Waals surface area contributed by atoms with Gasteiger partial charge < -0.3 is 14.4 Å². The monoisotopic (exact) mass is 301 g/mol. The van der Waals surface area contributed by atoms with Gasteiger partial charge >= 0.3 is 5.97 Å². The van der Waals surface area contributed by atoms with Gasteiger partial charge in [0.05, 0.1) is 11.5 Å². The minimum absolute atomic E-state index is 0.141. The maximum Gasteiger partial charge on any atom is 0.308 e. The van der Waals surface area contributed by atoms with Gasteiger partial charge in [-0.3, -0.25) is 9.59 Å². The quantitative estimate of drug-likeness (QED) is 0.946. The van der Waals surface area contributed by atoms with Crippen molar-refractivity contribution in [3.63, 3.8) is 0 Å². The van der Waals surface area contributed by atoms with Crippen LogP contribution in [0.4, 0.5) is 0 Å². The van der Waals surface area contributed by atoms with Crippen molar-refractivity contribution >= 4 is 22.8 Å². The number of furan rings is 1. The van der Waals surface area contributed by atoms with Crippen LogP contribution in [-0.2, 0) is 11.2 Å². The highest BCUT2D eigenvalue weighted by Gasteiger charge is 2.29. The van der Waals surface area contributed by atoms with E-state index in [1.54, 1.807) is 4.90 Å². The zero-order chi connectivity index (χ0) is 15.7. The van der Waals surface area contributed by atoms with E-state index in [0.29, 0.717) is 24.1 Å². The van der Waals surface area contributed by atoms with Gasteiger partial charge in [-0.2, -0.15) is 0 Å². The normalized spacial score (nSPS) is 18.6. The molecule has 1 aromatic carbocycles. The smallest absolute Gasteiger partial charge is 0.308 e. The summed E-state index contributed by atoms with van der Waals surface area (Å²) in [5.41, 5.74) is 2.36. The molecular weight excluding hydrogens is 282 g/mol. The van der Waals surface area contributed by atoms with E-state index in [2.05, 4.69) is 6.92 Å². The zero-order valence-corrected chi connectivity index (χ0v) is 12.5. The van der Waals surface area contributed by atoms with Crippen LogP contribution in [0.5, 0.6) is 0 Å². The number of nitrogens with zero attached hydrogens (tertiary/aromatic N) is 1. The maximum absolute atomic E-state index is 12.7. The summed E-state index contributed by atoms with van der Waals surface area (Å²) in [6.07, 6.45) is 3.72. The predicted octanol–water partition coefficient (Wildman–Crippen LogP) is 2.93. The molecule has 3 rings (SSSR count). The number of rotatable bonds is 3. The molecule has 1 aliphatic rings. The van der Waals surface area contributed by atoms with Gasteiger partial charge in [0.25, 0.3) is 5.91 Å². The van der Waals surface area contributed by atoms with E-state index < -0.39 is 11.9 Å². The van der Waals surface area contributed by atoms with Crippen LogP contribution in [0.1, 0.15) is 35.7 Å². The number of piperidine rings is 1. The van der Waals surface area contributed by atoms with E-state index in [4.69, 9.17) is 9.52 Å². The zero-order valence-electron chi connectivity index (χ0n) is 12.5. The van der Waals surface area contributed by atoms with Gasteiger partial charge in [-0.1, -0.05) is 13.0 Å². The number of aryl methyl sites for hydroxylation is 1. The molecule has 1 atom stereocenters. The van der Waals surface area contributed by atoms with Gasteiger partial charge in [-0.15, -0.1) is 0 Å². The summed E-state index contributed by atoms with van der Waals surface area (Å²) in [6, 6.07) is 5.84. The van der Waals surface area contributed by atoms with Crippen LogP contribution < -0.4 is 0 Å². The minimum Gasteiger partial charge on any atom is -0.481 e. The molecule has 1 saturated heterocycles. The number of fused-ring (bicyclic) bond motifs is 1. The highest BCUT2D eigenvalue weighted by atomic mass is 16.4. The number of carbonyl (C=O) groups is 2. The molecule has 22 heavy (non-hydrogen) atoms. The Morgan fingerprint density at radius 3 is 2.95 bits per heavy atom. The standard InChI is InChI=1S/C17H19NO4/c1-2-11-5-6-15-13(8-11)14(10-22-15)16(19)18-7-3-4-12(9-18)17(20)21/h5-6,8,10,12H,2-4,7,9H2,1H3,(H,20,21). The molecule has 1 unspecified atom stereocenters. The van der Waals surface area contributed by atoms with Crippen LogP contribution in [0, 0.1) is 5.92 Å². The molecule has 1 amide bonds. The van der Waals surface area contributed by atoms with E-state index in [1.807, 2.05) is 18.2 Å². The van der Waals surface area contributed by atoms with Crippen molar-refractivity contribution in [2.45, 2.75) is 26.2 Å². The second-order valence-corrected chi connectivity index (χ2v) is 5.76. The number of carbonyl (C=O) groups excluding carboxylic acids is 1. The van der Waals surface area contributed by atoms with Gasteiger partial charge in [0.15, 0.2) is 0 Å². The van der Waals surface area contributed by atoms with E-state index in [9.17, 15) is 9.59 Å². The molecule has 5 nitrogen and oxygen atoms in total. The molecule has 0 radical (unpaired) electrons. The summed E-state index contributed by atoms with van der Waals surface area (Å²) < 4.78 is 5.47. The molecular formula is C17H19NO4. The number of benzene rings is 1. The summed E-state index contributed by atoms with van der Waals surface area (Å²) in [4.78, 5) is 25.5. The molecule has 1 aliphatic heterocycles. The van der Waals surface area contributed by atoms with Crippen molar-refractivity contribution in [1.29, 1.82) is 0 Å². The first-order valence-corrected chi connectivity index (χ1v) is 7.62. The van der Waals surface area contributed by atoms with Crippen molar-refractivity contribution in [2.75, 3.05) is 13.1 Å². The van der Waals surface area contributed by atoms with Crippen LogP contribution in [0.3, 0.4) is 0 Å². The Morgan fingerprint density at radius 2 is 2.23 bits per heavy atom. The first-order chi connectivity index (χ1) is 10.6. The van der Waals surface area contributed by atoms with Gasteiger partial charge in [0, 0.05) is 18.5 Å². The Labute approximate surface area is 128 Å². The van der Waals surface area contributed by atoms with Crippen LogP contribution in [-0.4, -0.2) is 35.0 Å². The molecule has 0 spiro atoms. The largest absolute Gasteiger partial charge is 0.481 e. The molecule has 116 valence electrons. The lowest BCUT2D eigenvalue weighted by atomic mass is 9.97. The Balaban J connectivity index is 1.90. The molecule has 0 saturated carbocycles. The first-order valence-electron chi connectivity index (χ1n) is 7.62. The fourth-order valence-corrected chi connectivity index (χ4v) is 3.00. The van der Waals surface area contributed by atoms with Gasteiger partial charge in [0.1, 0.15) is 11.8 Å². The number of likely N-dealkylation sites (tertiary alicyclic amines) is 1. The lowest BCUT2D eigenvalue weighted by Crippen LogP contribution is -2.42. The van der Waals surface area contributed by atoms with E-state index >= 15 is 0 Å². The minimum atomic E-state index is -0.831. The van der Waals surface area contributed by atoms with Gasteiger partial charge in [0.2, 0.25) is 0 Å². The summed E-state index contributed by atoms with van der Waals surface area (Å²) in [6.45, 7) is 2.93. The number of carboxylic acid groups (broad SMARTS) is 1. The molecule has 0 bridgehead atoms. The van der Waals surface area contributed by atoms with Crippen molar-refractivity contribution in [3.05, 3.63) is 35.6 Å².